The summed E-state index contributed by atoms with van der Waals surface area (Å²) in [5, 5.41) is -0.285. The molecule has 0 unspecified atom stereocenters. The molecule has 1 rings (SSSR count). The summed E-state index contributed by atoms with van der Waals surface area (Å²) in [6.45, 7) is 2.07. The summed E-state index contributed by atoms with van der Waals surface area (Å²) >= 11 is 5.55. The van der Waals surface area contributed by atoms with Crippen molar-refractivity contribution >= 4 is 11.6 Å². The number of unbranched alkanes of at least 4 members (excludes halogenated alkanes) is 2. The largest absolute Gasteiger partial charge is 0.417 e. The van der Waals surface area contributed by atoms with Crippen LogP contribution in [0.5, 0.6) is 0 Å². The van der Waals surface area contributed by atoms with Gasteiger partial charge in [0.05, 0.1) is 10.6 Å². The van der Waals surface area contributed by atoms with E-state index < -0.39 is 11.7 Å². The lowest BCUT2D eigenvalue weighted by molar-refractivity contribution is -0.137. The lowest BCUT2D eigenvalue weighted by atomic mass is 9.99. The van der Waals surface area contributed by atoms with Crippen LogP contribution >= 0.6 is 11.6 Å². The molecule has 1 atom stereocenters. The first-order chi connectivity index (χ1) is 8.36. The van der Waals surface area contributed by atoms with Crippen molar-refractivity contribution in [1.82, 2.24) is 0 Å². The van der Waals surface area contributed by atoms with E-state index in [0.29, 0.717) is 12.0 Å². The van der Waals surface area contributed by atoms with E-state index in [0.717, 1.165) is 25.3 Å². The molecule has 5 heteroatoms. The maximum Gasteiger partial charge on any atom is 0.417 e. The lowest BCUT2D eigenvalue weighted by Crippen LogP contribution is -2.13. The molecule has 1 aromatic carbocycles. The van der Waals surface area contributed by atoms with Crippen molar-refractivity contribution in [2.45, 2.75) is 44.8 Å². The standard InChI is InChI=1S/C13H17ClF3N/c1-2-3-4-5-12(18)9-6-7-11(14)10(8-9)13(15,16)17/h6-8,12H,2-5,18H2,1H3/t12-/m1/s1. The minimum absolute atomic E-state index is 0.285. The number of rotatable bonds is 5. The van der Waals surface area contributed by atoms with Gasteiger partial charge in [-0.3, -0.25) is 0 Å². The van der Waals surface area contributed by atoms with Crippen molar-refractivity contribution in [3.63, 3.8) is 0 Å². The third-order valence-corrected chi connectivity index (χ3v) is 3.17. The second-order valence-corrected chi connectivity index (χ2v) is 4.75. The van der Waals surface area contributed by atoms with Gasteiger partial charge in [-0.1, -0.05) is 43.9 Å². The molecule has 0 bridgehead atoms. The fourth-order valence-corrected chi connectivity index (χ4v) is 2.00. The van der Waals surface area contributed by atoms with E-state index in [1.807, 2.05) is 0 Å². The Morgan fingerprint density at radius 1 is 1.28 bits per heavy atom. The van der Waals surface area contributed by atoms with Crippen molar-refractivity contribution < 1.29 is 13.2 Å². The van der Waals surface area contributed by atoms with Crippen LogP contribution < -0.4 is 5.73 Å². The highest BCUT2D eigenvalue weighted by Gasteiger charge is 2.33. The Kier molecular flexibility index (Phi) is 5.47. The van der Waals surface area contributed by atoms with Crippen LogP contribution in [-0.2, 0) is 6.18 Å². The zero-order chi connectivity index (χ0) is 13.8. The van der Waals surface area contributed by atoms with Crippen LogP contribution in [0.2, 0.25) is 5.02 Å². The van der Waals surface area contributed by atoms with Gasteiger partial charge < -0.3 is 5.73 Å². The number of alkyl halides is 3. The summed E-state index contributed by atoms with van der Waals surface area (Å²) in [5.74, 6) is 0. The van der Waals surface area contributed by atoms with Crippen molar-refractivity contribution in [2.24, 2.45) is 5.73 Å². The summed E-state index contributed by atoms with van der Waals surface area (Å²) in [4.78, 5) is 0. The van der Waals surface area contributed by atoms with Gasteiger partial charge in [0.2, 0.25) is 0 Å². The molecule has 0 aromatic heterocycles. The third kappa shape index (κ3) is 4.18. The van der Waals surface area contributed by atoms with Crippen LogP contribution in [-0.4, -0.2) is 0 Å². The zero-order valence-corrected chi connectivity index (χ0v) is 11.0. The molecule has 0 aliphatic rings. The van der Waals surface area contributed by atoms with E-state index in [4.69, 9.17) is 17.3 Å². The first-order valence-electron chi connectivity index (χ1n) is 5.98. The third-order valence-electron chi connectivity index (χ3n) is 2.84. The van der Waals surface area contributed by atoms with Gasteiger partial charge in [0.15, 0.2) is 0 Å². The molecule has 1 aromatic rings. The van der Waals surface area contributed by atoms with Crippen molar-refractivity contribution in [3.8, 4) is 0 Å². The van der Waals surface area contributed by atoms with Crippen LogP contribution in [0.4, 0.5) is 13.2 Å². The molecule has 0 saturated carbocycles. The molecular weight excluding hydrogens is 263 g/mol. The van der Waals surface area contributed by atoms with Gasteiger partial charge in [0.25, 0.3) is 0 Å². The molecule has 0 spiro atoms. The SMILES string of the molecule is CCCCC[C@@H](N)c1ccc(Cl)c(C(F)(F)F)c1. The van der Waals surface area contributed by atoms with Gasteiger partial charge in [-0.15, -0.1) is 0 Å². The van der Waals surface area contributed by atoms with Crippen molar-refractivity contribution in [3.05, 3.63) is 34.3 Å². The lowest BCUT2D eigenvalue weighted by Gasteiger charge is -2.15. The molecule has 0 aliphatic heterocycles. The average molecular weight is 280 g/mol. The molecule has 0 amide bonds. The van der Waals surface area contributed by atoms with Gasteiger partial charge in [-0.25, -0.2) is 0 Å². The van der Waals surface area contributed by atoms with Crippen molar-refractivity contribution in [1.29, 1.82) is 0 Å². The van der Waals surface area contributed by atoms with Crippen molar-refractivity contribution in [2.75, 3.05) is 0 Å². The van der Waals surface area contributed by atoms with E-state index in [-0.39, 0.29) is 11.1 Å². The Labute approximate surface area is 110 Å². The molecule has 0 saturated heterocycles. The molecular formula is C13H17ClF3N. The van der Waals surface area contributed by atoms with Crippen LogP contribution in [0, 0.1) is 0 Å². The minimum Gasteiger partial charge on any atom is -0.324 e. The van der Waals surface area contributed by atoms with E-state index in [1.54, 1.807) is 6.07 Å². The summed E-state index contributed by atoms with van der Waals surface area (Å²) in [7, 11) is 0. The van der Waals surface area contributed by atoms with Gasteiger partial charge in [0.1, 0.15) is 0 Å². The predicted octanol–water partition coefficient (Wildman–Crippen LogP) is 4.94. The molecule has 0 heterocycles. The highest BCUT2D eigenvalue weighted by Crippen LogP contribution is 2.36. The van der Waals surface area contributed by atoms with E-state index in [2.05, 4.69) is 6.92 Å². The van der Waals surface area contributed by atoms with Crippen LogP contribution in [0.3, 0.4) is 0 Å². The molecule has 102 valence electrons. The monoisotopic (exact) mass is 279 g/mol. The normalized spacial score (nSPS) is 13.7. The van der Waals surface area contributed by atoms with Gasteiger partial charge in [-0.05, 0) is 24.1 Å². The smallest absolute Gasteiger partial charge is 0.324 e. The fourth-order valence-electron chi connectivity index (χ4n) is 1.77. The van der Waals surface area contributed by atoms with Gasteiger partial charge >= 0.3 is 6.18 Å². The first kappa shape index (κ1) is 15.3. The summed E-state index contributed by atoms with van der Waals surface area (Å²) < 4.78 is 38.0. The zero-order valence-electron chi connectivity index (χ0n) is 10.2. The highest BCUT2D eigenvalue weighted by atomic mass is 35.5. The summed E-state index contributed by atoms with van der Waals surface area (Å²) in [6, 6.07) is 3.52. The quantitative estimate of drug-likeness (QED) is 0.759. The van der Waals surface area contributed by atoms with E-state index in [9.17, 15) is 13.2 Å². The molecule has 1 nitrogen and oxygen atoms in total. The number of nitrogens with two attached hydrogens (primary N) is 1. The summed E-state index contributed by atoms with van der Waals surface area (Å²) in [5.41, 5.74) is 5.56. The molecule has 0 aliphatic carbocycles. The molecule has 18 heavy (non-hydrogen) atoms. The minimum atomic E-state index is -4.43. The first-order valence-corrected chi connectivity index (χ1v) is 6.36. The van der Waals surface area contributed by atoms with Gasteiger partial charge in [-0.2, -0.15) is 13.2 Å². The second-order valence-electron chi connectivity index (χ2n) is 4.34. The summed E-state index contributed by atoms with van der Waals surface area (Å²) in [6.07, 6.45) is -0.737. The number of hydrogen-bond donors (Lipinski definition) is 1. The maximum absolute atomic E-state index is 12.7. The highest BCUT2D eigenvalue weighted by molar-refractivity contribution is 6.31. The molecule has 2 N–H and O–H groups in total. The Balaban J connectivity index is 2.84. The molecule has 0 fully saturated rings. The van der Waals surface area contributed by atoms with Crippen LogP contribution in [0.1, 0.15) is 49.8 Å². The Bertz CT molecular complexity index is 390. The van der Waals surface area contributed by atoms with E-state index >= 15 is 0 Å². The predicted molar refractivity (Wildman–Crippen MR) is 67.5 cm³/mol. The Hall–Kier alpha value is -0.740. The Morgan fingerprint density at radius 3 is 2.50 bits per heavy atom. The topological polar surface area (TPSA) is 26.0 Å². The van der Waals surface area contributed by atoms with Gasteiger partial charge in [0, 0.05) is 6.04 Å². The average Bonchev–Trinajstić information content (AvgIpc) is 2.28. The molecule has 0 radical (unpaired) electrons. The number of halogens is 4. The van der Waals surface area contributed by atoms with Crippen LogP contribution in [0.25, 0.3) is 0 Å². The Morgan fingerprint density at radius 2 is 1.94 bits per heavy atom. The number of hydrogen-bond acceptors (Lipinski definition) is 1. The second kappa shape index (κ2) is 6.43. The number of benzene rings is 1. The fraction of sp³-hybridized carbons (Fsp3) is 0.538. The maximum atomic E-state index is 12.7. The van der Waals surface area contributed by atoms with E-state index in [1.165, 1.54) is 6.07 Å². The van der Waals surface area contributed by atoms with Crippen LogP contribution in [0.15, 0.2) is 18.2 Å².